The third kappa shape index (κ3) is 8.21. The Balaban J connectivity index is 0. The molecule has 0 heterocycles. The van der Waals surface area contributed by atoms with E-state index >= 15 is 0 Å². The zero-order chi connectivity index (χ0) is 6.57. The highest BCUT2D eigenvalue weighted by Crippen LogP contribution is 1.98. The average molecular weight is 172 g/mol. The Labute approximate surface area is 66.2 Å². The molecule has 0 saturated carbocycles. The van der Waals surface area contributed by atoms with Gasteiger partial charge in [-0.05, 0) is 6.92 Å². The van der Waals surface area contributed by atoms with E-state index in [1.54, 1.807) is 6.92 Å². The number of Topliss-reactive ketones (excluding diaryl/α,β-unsaturated/α-hetero) is 1. The summed E-state index contributed by atoms with van der Waals surface area (Å²) < 4.78 is 0. The van der Waals surface area contributed by atoms with Gasteiger partial charge in [0.25, 0.3) is 0 Å². The molecule has 0 aromatic carbocycles. The second-order valence-corrected chi connectivity index (χ2v) is 2.47. The molecule has 4 heteroatoms. The van der Waals surface area contributed by atoms with Crippen molar-refractivity contribution in [2.75, 3.05) is 6.54 Å². The van der Waals surface area contributed by atoms with Crippen LogP contribution in [0.3, 0.4) is 0 Å². The number of rotatable bonds is 3. The van der Waals surface area contributed by atoms with Crippen LogP contribution in [0.15, 0.2) is 0 Å². The molecule has 0 amide bonds. The fourth-order valence-electron chi connectivity index (χ4n) is 0.397. The normalized spacial score (nSPS) is 11.9. The van der Waals surface area contributed by atoms with Gasteiger partial charge < -0.3 is 5.73 Å². The Morgan fingerprint density at radius 1 is 1.78 bits per heavy atom. The van der Waals surface area contributed by atoms with Crippen LogP contribution in [0.4, 0.5) is 0 Å². The van der Waals surface area contributed by atoms with Crippen molar-refractivity contribution >= 4 is 29.8 Å². The average Bonchev–Trinajstić information content (AvgIpc) is 1.65. The number of ketones is 1. The number of hydrogen-bond acceptors (Lipinski definition) is 2. The van der Waals surface area contributed by atoms with E-state index in [9.17, 15) is 4.79 Å². The zero-order valence-electron chi connectivity index (χ0n) is 5.26. The van der Waals surface area contributed by atoms with E-state index in [0.29, 0.717) is 6.42 Å². The zero-order valence-corrected chi connectivity index (χ0v) is 6.84. The Hall–Kier alpha value is 0.210. The Bertz CT molecular complexity index is 85.0. The predicted molar refractivity (Wildman–Crippen MR) is 41.2 cm³/mol. The van der Waals surface area contributed by atoms with Crippen LogP contribution in [0, 0.1) is 0 Å². The molecule has 9 heavy (non-hydrogen) atoms. The van der Waals surface area contributed by atoms with Crippen LogP contribution in [-0.4, -0.2) is 17.7 Å². The highest BCUT2D eigenvalue weighted by atomic mass is 35.5. The Kier molecular flexibility index (Phi) is 8.40. The summed E-state index contributed by atoms with van der Waals surface area (Å²) in [5, 5.41) is -0.0777. The van der Waals surface area contributed by atoms with Crippen LogP contribution in [0.5, 0.6) is 0 Å². The molecular weight excluding hydrogens is 161 g/mol. The minimum Gasteiger partial charge on any atom is -0.324 e. The van der Waals surface area contributed by atoms with Gasteiger partial charge in [-0.15, -0.1) is 24.0 Å². The van der Waals surface area contributed by atoms with Gasteiger partial charge in [0.2, 0.25) is 0 Å². The predicted octanol–water partition coefficient (Wildman–Crippen LogP) is 0.953. The summed E-state index contributed by atoms with van der Waals surface area (Å²) in [6.07, 6.45) is 0.387. The number of carbonyl (C=O) groups is 1. The first kappa shape index (κ1) is 11.9. The van der Waals surface area contributed by atoms with Crippen LogP contribution in [-0.2, 0) is 4.79 Å². The molecule has 0 aromatic rings. The molecule has 2 nitrogen and oxygen atoms in total. The Morgan fingerprint density at radius 2 is 2.22 bits per heavy atom. The van der Waals surface area contributed by atoms with Crippen molar-refractivity contribution in [3.63, 3.8) is 0 Å². The van der Waals surface area contributed by atoms with Gasteiger partial charge in [-0.1, -0.05) is 0 Å². The van der Waals surface area contributed by atoms with Gasteiger partial charge in [-0.3, -0.25) is 4.79 Å². The summed E-state index contributed by atoms with van der Waals surface area (Å²) in [5.41, 5.74) is 5.01. The quantitative estimate of drug-likeness (QED) is 0.644. The van der Waals surface area contributed by atoms with E-state index in [4.69, 9.17) is 17.3 Å². The molecule has 0 aliphatic heterocycles. The van der Waals surface area contributed by atoms with Gasteiger partial charge in [0, 0.05) is 11.8 Å². The largest absolute Gasteiger partial charge is 0.324 e. The molecule has 0 aliphatic carbocycles. The van der Waals surface area contributed by atoms with Crippen molar-refractivity contribution in [1.29, 1.82) is 0 Å². The van der Waals surface area contributed by atoms with Crippen molar-refractivity contribution in [2.24, 2.45) is 5.73 Å². The summed E-state index contributed by atoms with van der Waals surface area (Å²) >= 11 is 5.48. The topological polar surface area (TPSA) is 43.1 Å². The number of carbonyl (C=O) groups excluding carboxylic acids is 1. The van der Waals surface area contributed by atoms with Crippen molar-refractivity contribution in [2.45, 2.75) is 18.7 Å². The first-order valence-corrected chi connectivity index (χ1v) is 2.96. The van der Waals surface area contributed by atoms with E-state index in [0.717, 1.165) is 0 Å². The second kappa shape index (κ2) is 6.33. The molecule has 0 saturated heterocycles. The van der Waals surface area contributed by atoms with Gasteiger partial charge in [-0.25, -0.2) is 0 Å². The van der Waals surface area contributed by atoms with Gasteiger partial charge in [-0.2, -0.15) is 0 Å². The molecule has 0 rings (SSSR count). The first-order chi connectivity index (χ1) is 3.66. The van der Waals surface area contributed by atoms with Gasteiger partial charge in [0.1, 0.15) is 5.78 Å². The van der Waals surface area contributed by atoms with E-state index in [1.165, 1.54) is 0 Å². The summed E-state index contributed by atoms with van der Waals surface area (Å²) in [4.78, 5) is 10.4. The number of hydrogen-bond donors (Lipinski definition) is 1. The van der Waals surface area contributed by atoms with E-state index < -0.39 is 0 Å². The fourth-order valence-corrected chi connectivity index (χ4v) is 0.569. The summed E-state index contributed by atoms with van der Waals surface area (Å²) in [5.74, 6) is 0.0208. The third-order valence-electron chi connectivity index (χ3n) is 0.737. The van der Waals surface area contributed by atoms with Crippen molar-refractivity contribution in [3.05, 3.63) is 0 Å². The molecule has 1 atom stereocenters. The van der Waals surface area contributed by atoms with Crippen LogP contribution >= 0.6 is 24.0 Å². The van der Waals surface area contributed by atoms with E-state index in [-0.39, 0.29) is 30.1 Å². The maximum absolute atomic E-state index is 10.4. The SMILES string of the molecule is CC(Cl)CC(=O)CN.Cl. The molecule has 56 valence electrons. The maximum atomic E-state index is 10.4. The van der Waals surface area contributed by atoms with E-state index in [1.807, 2.05) is 0 Å². The summed E-state index contributed by atoms with van der Waals surface area (Å²) in [6.45, 7) is 1.88. The lowest BCUT2D eigenvalue weighted by molar-refractivity contribution is -0.117. The minimum absolute atomic E-state index is 0. The van der Waals surface area contributed by atoms with Crippen LogP contribution in [0.25, 0.3) is 0 Å². The lowest BCUT2D eigenvalue weighted by Gasteiger charge is -1.96. The van der Waals surface area contributed by atoms with Crippen LogP contribution in [0.1, 0.15) is 13.3 Å². The fraction of sp³-hybridized carbons (Fsp3) is 0.800. The number of nitrogens with two attached hydrogens (primary N) is 1. The molecule has 2 N–H and O–H groups in total. The molecule has 0 bridgehead atoms. The molecule has 1 unspecified atom stereocenters. The van der Waals surface area contributed by atoms with Crippen molar-refractivity contribution in [3.8, 4) is 0 Å². The summed E-state index contributed by atoms with van der Waals surface area (Å²) in [6, 6.07) is 0. The maximum Gasteiger partial charge on any atom is 0.147 e. The van der Waals surface area contributed by atoms with Crippen molar-refractivity contribution in [1.82, 2.24) is 0 Å². The monoisotopic (exact) mass is 171 g/mol. The highest BCUT2D eigenvalue weighted by Gasteiger charge is 2.01. The van der Waals surface area contributed by atoms with Gasteiger partial charge >= 0.3 is 0 Å². The minimum atomic E-state index is -0.0777. The first-order valence-electron chi connectivity index (χ1n) is 2.52. The number of halogens is 2. The molecule has 0 fully saturated rings. The van der Waals surface area contributed by atoms with Crippen LogP contribution in [0.2, 0.25) is 0 Å². The van der Waals surface area contributed by atoms with Gasteiger partial charge in [0.05, 0.1) is 6.54 Å². The third-order valence-corrected chi connectivity index (χ3v) is 0.891. The summed E-state index contributed by atoms with van der Waals surface area (Å²) in [7, 11) is 0. The lowest BCUT2D eigenvalue weighted by Crippen LogP contribution is -2.15. The lowest BCUT2D eigenvalue weighted by atomic mass is 10.2. The second-order valence-electron chi connectivity index (χ2n) is 1.73. The molecular formula is C5H11Cl2NO. The van der Waals surface area contributed by atoms with Crippen molar-refractivity contribution < 1.29 is 4.79 Å². The highest BCUT2D eigenvalue weighted by molar-refractivity contribution is 6.21. The van der Waals surface area contributed by atoms with E-state index in [2.05, 4.69) is 0 Å². The number of alkyl halides is 1. The molecule has 0 radical (unpaired) electrons. The Morgan fingerprint density at radius 3 is 2.33 bits per heavy atom. The van der Waals surface area contributed by atoms with Gasteiger partial charge in [0.15, 0.2) is 0 Å². The smallest absolute Gasteiger partial charge is 0.147 e. The molecule has 0 spiro atoms. The standard InChI is InChI=1S/C5H10ClNO.ClH/c1-4(6)2-5(8)3-7;/h4H,2-3,7H2,1H3;1H. The molecule has 0 aliphatic rings. The molecule has 0 aromatic heterocycles. The van der Waals surface area contributed by atoms with Crippen LogP contribution < -0.4 is 5.73 Å².